The van der Waals surface area contributed by atoms with Crippen LogP contribution in [0, 0.1) is 30.9 Å². The monoisotopic (exact) mass is 284 g/mol. The van der Waals surface area contributed by atoms with Crippen LogP contribution in [0.5, 0.6) is 0 Å². The van der Waals surface area contributed by atoms with Crippen molar-refractivity contribution < 1.29 is 4.92 Å². The van der Waals surface area contributed by atoms with Crippen molar-refractivity contribution in [1.82, 2.24) is 0 Å². The number of hydrogen-bond donors (Lipinski definition) is 1. The minimum atomic E-state index is -0.337. The molecule has 4 nitrogen and oxygen atoms in total. The van der Waals surface area contributed by atoms with E-state index >= 15 is 0 Å². The van der Waals surface area contributed by atoms with E-state index in [1.54, 1.807) is 6.07 Å². The minimum absolute atomic E-state index is 0.00593. The Bertz CT molecular complexity index is 663. The zero-order valence-corrected chi connectivity index (χ0v) is 12.8. The first-order chi connectivity index (χ1) is 9.88. The highest BCUT2D eigenvalue weighted by atomic mass is 16.6. The summed E-state index contributed by atoms with van der Waals surface area (Å²) >= 11 is 0. The van der Waals surface area contributed by atoms with Crippen molar-refractivity contribution in [3.8, 4) is 0 Å². The van der Waals surface area contributed by atoms with Gasteiger partial charge >= 0.3 is 0 Å². The second-order valence-corrected chi connectivity index (χ2v) is 5.49. The summed E-state index contributed by atoms with van der Waals surface area (Å²) < 4.78 is 0. The fourth-order valence-electron chi connectivity index (χ4n) is 2.24. The quantitative estimate of drug-likeness (QED) is 0.654. The van der Waals surface area contributed by atoms with Gasteiger partial charge in [0.25, 0.3) is 5.69 Å². The minimum Gasteiger partial charge on any atom is -0.373 e. The predicted molar refractivity (Wildman–Crippen MR) is 85.8 cm³/mol. The molecule has 1 atom stereocenters. The Hall–Kier alpha value is -2.36. The smallest absolute Gasteiger partial charge is 0.292 e. The van der Waals surface area contributed by atoms with Crippen molar-refractivity contribution >= 4 is 11.4 Å². The van der Waals surface area contributed by atoms with Gasteiger partial charge in [0.05, 0.1) is 4.92 Å². The topological polar surface area (TPSA) is 55.2 Å². The molecule has 0 amide bonds. The highest BCUT2D eigenvalue weighted by molar-refractivity contribution is 5.65. The van der Waals surface area contributed by atoms with Gasteiger partial charge in [0.1, 0.15) is 5.69 Å². The Labute approximate surface area is 125 Å². The molecule has 1 unspecified atom stereocenters. The van der Waals surface area contributed by atoms with Crippen LogP contribution in [0.2, 0.25) is 0 Å². The summed E-state index contributed by atoms with van der Waals surface area (Å²) in [5, 5.41) is 14.5. The van der Waals surface area contributed by atoms with Crippen LogP contribution in [0.3, 0.4) is 0 Å². The Morgan fingerprint density at radius 1 is 1.05 bits per heavy atom. The van der Waals surface area contributed by atoms with E-state index in [2.05, 4.69) is 5.32 Å². The normalized spacial score (nSPS) is 12.0. The standard InChI is InChI=1S/C17H20N2O2/c1-11-5-7-15(8-6-11)14(4)18-16-9-12(2)13(3)10-17(16)19(20)21/h5-10,14,18H,1-4H3. The molecule has 0 radical (unpaired) electrons. The van der Waals surface area contributed by atoms with E-state index in [-0.39, 0.29) is 16.7 Å². The van der Waals surface area contributed by atoms with Crippen molar-refractivity contribution in [3.63, 3.8) is 0 Å². The third-order valence-corrected chi connectivity index (χ3v) is 3.76. The molecule has 2 rings (SSSR count). The van der Waals surface area contributed by atoms with Crippen LogP contribution in [0.25, 0.3) is 0 Å². The lowest BCUT2D eigenvalue weighted by Gasteiger charge is -2.17. The molecular weight excluding hydrogens is 264 g/mol. The highest BCUT2D eigenvalue weighted by Crippen LogP contribution is 2.31. The molecule has 0 aromatic heterocycles. The molecule has 4 heteroatoms. The summed E-state index contributed by atoms with van der Waals surface area (Å²) in [6.45, 7) is 7.88. The van der Waals surface area contributed by atoms with E-state index in [9.17, 15) is 10.1 Å². The summed E-state index contributed by atoms with van der Waals surface area (Å²) in [5.41, 5.74) is 4.96. The van der Waals surface area contributed by atoms with E-state index in [0.29, 0.717) is 5.69 Å². The van der Waals surface area contributed by atoms with Gasteiger partial charge in [-0.25, -0.2) is 0 Å². The number of nitro groups is 1. The first-order valence-corrected chi connectivity index (χ1v) is 6.97. The Morgan fingerprint density at radius 2 is 1.62 bits per heavy atom. The fraction of sp³-hybridized carbons (Fsp3) is 0.294. The molecule has 2 aromatic rings. The van der Waals surface area contributed by atoms with Gasteiger partial charge in [-0.3, -0.25) is 10.1 Å². The van der Waals surface area contributed by atoms with Crippen LogP contribution in [0.4, 0.5) is 11.4 Å². The van der Waals surface area contributed by atoms with E-state index in [4.69, 9.17) is 0 Å². The molecule has 0 fully saturated rings. The Balaban J connectivity index is 2.32. The number of benzene rings is 2. The third-order valence-electron chi connectivity index (χ3n) is 3.76. The average Bonchev–Trinajstić information content (AvgIpc) is 2.43. The van der Waals surface area contributed by atoms with Gasteiger partial charge in [0.2, 0.25) is 0 Å². The number of aryl methyl sites for hydroxylation is 3. The lowest BCUT2D eigenvalue weighted by atomic mass is 10.0. The molecule has 0 spiro atoms. The summed E-state index contributed by atoms with van der Waals surface area (Å²) in [4.78, 5) is 10.9. The largest absolute Gasteiger partial charge is 0.373 e. The van der Waals surface area contributed by atoms with Gasteiger partial charge in [0, 0.05) is 12.1 Å². The Morgan fingerprint density at radius 3 is 2.19 bits per heavy atom. The molecule has 21 heavy (non-hydrogen) atoms. The molecule has 0 bridgehead atoms. The van der Waals surface area contributed by atoms with Crippen molar-refractivity contribution in [2.24, 2.45) is 0 Å². The van der Waals surface area contributed by atoms with E-state index in [1.807, 2.05) is 58.0 Å². The molecule has 0 saturated heterocycles. The second-order valence-electron chi connectivity index (χ2n) is 5.49. The summed E-state index contributed by atoms with van der Waals surface area (Å²) in [6, 6.07) is 11.6. The fourth-order valence-corrected chi connectivity index (χ4v) is 2.24. The van der Waals surface area contributed by atoms with Crippen molar-refractivity contribution in [2.75, 3.05) is 5.32 Å². The highest BCUT2D eigenvalue weighted by Gasteiger charge is 2.17. The third kappa shape index (κ3) is 3.40. The maximum absolute atomic E-state index is 11.2. The number of anilines is 1. The van der Waals surface area contributed by atoms with E-state index in [1.165, 1.54) is 5.56 Å². The van der Waals surface area contributed by atoms with Crippen LogP contribution < -0.4 is 5.32 Å². The number of nitrogens with zero attached hydrogens (tertiary/aromatic N) is 1. The van der Waals surface area contributed by atoms with Gasteiger partial charge in [-0.15, -0.1) is 0 Å². The molecular formula is C17H20N2O2. The molecule has 0 heterocycles. The molecule has 2 aromatic carbocycles. The number of nitro benzene ring substituents is 1. The molecule has 0 aliphatic heterocycles. The molecule has 0 aliphatic rings. The van der Waals surface area contributed by atoms with Crippen LogP contribution in [-0.2, 0) is 0 Å². The van der Waals surface area contributed by atoms with Gasteiger partial charge in [-0.05, 0) is 50.5 Å². The summed E-state index contributed by atoms with van der Waals surface area (Å²) in [5.74, 6) is 0. The molecule has 1 N–H and O–H groups in total. The van der Waals surface area contributed by atoms with Gasteiger partial charge in [-0.2, -0.15) is 0 Å². The molecule has 0 aliphatic carbocycles. The first kappa shape index (κ1) is 15.0. The molecule has 110 valence electrons. The lowest BCUT2D eigenvalue weighted by Crippen LogP contribution is -2.09. The summed E-state index contributed by atoms with van der Waals surface area (Å²) in [7, 11) is 0. The number of rotatable bonds is 4. The maximum atomic E-state index is 11.2. The maximum Gasteiger partial charge on any atom is 0.292 e. The Kier molecular flexibility index (Phi) is 4.26. The van der Waals surface area contributed by atoms with Crippen LogP contribution in [-0.4, -0.2) is 4.92 Å². The van der Waals surface area contributed by atoms with Crippen LogP contribution in [0.15, 0.2) is 36.4 Å². The number of hydrogen-bond acceptors (Lipinski definition) is 3. The zero-order chi connectivity index (χ0) is 15.6. The van der Waals surface area contributed by atoms with Crippen LogP contribution in [0.1, 0.15) is 35.2 Å². The zero-order valence-electron chi connectivity index (χ0n) is 12.8. The lowest BCUT2D eigenvalue weighted by molar-refractivity contribution is -0.384. The van der Waals surface area contributed by atoms with Gasteiger partial charge in [0.15, 0.2) is 0 Å². The summed E-state index contributed by atoms with van der Waals surface area (Å²) in [6.07, 6.45) is 0. The van der Waals surface area contributed by atoms with Crippen molar-refractivity contribution in [2.45, 2.75) is 33.7 Å². The van der Waals surface area contributed by atoms with E-state index < -0.39 is 0 Å². The second kappa shape index (κ2) is 5.95. The van der Waals surface area contributed by atoms with Crippen LogP contribution >= 0.6 is 0 Å². The molecule has 0 saturated carbocycles. The van der Waals surface area contributed by atoms with E-state index in [0.717, 1.165) is 16.7 Å². The SMILES string of the molecule is Cc1ccc(C(C)Nc2cc(C)c(C)cc2[N+](=O)[O-])cc1. The first-order valence-electron chi connectivity index (χ1n) is 6.97. The van der Waals surface area contributed by atoms with Crippen molar-refractivity contribution in [3.05, 3.63) is 68.8 Å². The number of nitrogens with one attached hydrogen (secondary N) is 1. The van der Waals surface area contributed by atoms with Crippen molar-refractivity contribution in [1.29, 1.82) is 0 Å². The van der Waals surface area contributed by atoms with Gasteiger partial charge in [-0.1, -0.05) is 29.8 Å². The average molecular weight is 284 g/mol. The van der Waals surface area contributed by atoms with Gasteiger partial charge < -0.3 is 5.32 Å². The predicted octanol–water partition coefficient (Wildman–Crippen LogP) is 4.69.